The standard InChI is InChI=1S/C22H17F5N8O/c1-10(11-2-5-16(29-7-11)22(25,26)27)35-20-17(14(6-28)33-35)21(36)32-19(31-20)13-3-4-15(13)34-9-12(8-30-34)18(23)24/h2,5,7-10,13,15,18H,3-4H2,1H3,(H,31,32,36)/t10-,13-,15-/m0/s1. The van der Waals surface area contributed by atoms with Crippen LogP contribution in [0.5, 0.6) is 0 Å². The molecule has 1 aliphatic carbocycles. The summed E-state index contributed by atoms with van der Waals surface area (Å²) in [4.78, 5) is 23.6. The summed E-state index contributed by atoms with van der Waals surface area (Å²) in [6.07, 6.45) is -2.60. The Morgan fingerprint density at radius 3 is 2.53 bits per heavy atom. The zero-order valence-electron chi connectivity index (χ0n) is 18.5. The summed E-state index contributed by atoms with van der Waals surface area (Å²) in [6, 6.07) is 2.92. The van der Waals surface area contributed by atoms with Crippen molar-refractivity contribution in [2.75, 3.05) is 0 Å². The number of nitrogens with zero attached hydrogens (tertiary/aromatic N) is 7. The molecule has 4 heterocycles. The normalized spacial score (nSPS) is 18.8. The first kappa shape index (κ1) is 23.6. The van der Waals surface area contributed by atoms with E-state index in [1.807, 2.05) is 6.07 Å². The lowest BCUT2D eigenvalue weighted by Gasteiger charge is -2.35. The third-order valence-electron chi connectivity index (χ3n) is 6.41. The number of aromatic amines is 1. The highest BCUT2D eigenvalue weighted by Gasteiger charge is 2.37. The van der Waals surface area contributed by atoms with Gasteiger partial charge in [0.15, 0.2) is 11.3 Å². The molecule has 1 fully saturated rings. The third kappa shape index (κ3) is 3.90. The molecule has 0 spiro atoms. The molecule has 186 valence electrons. The van der Waals surface area contributed by atoms with Crippen LogP contribution in [0, 0.1) is 11.3 Å². The predicted octanol–water partition coefficient (Wildman–Crippen LogP) is 4.27. The van der Waals surface area contributed by atoms with E-state index in [4.69, 9.17) is 0 Å². The summed E-state index contributed by atoms with van der Waals surface area (Å²) < 4.78 is 67.4. The number of fused-ring (bicyclic) bond motifs is 1. The van der Waals surface area contributed by atoms with Crippen LogP contribution in [-0.4, -0.2) is 34.5 Å². The second-order valence-electron chi connectivity index (χ2n) is 8.51. The molecule has 0 aromatic carbocycles. The molecular formula is C22H17F5N8O. The van der Waals surface area contributed by atoms with Crippen LogP contribution in [-0.2, 0) is 6.18 Å². The average molecular weight is 504 g/mol. The number of nitriles is 1. The summed E-state index contributed by atoms with van der Waals surface area (Å²) in [5.41, 5.74) is -1.61. The van der Waals surface area contributed by atoms with Gasteiger partial charge in [-0.25, -0.2) is 18.4 Å². The van der Waals surface area contributed by atoms with Gasteiger partial charge >= 0.3 is 6.18 Å². The maximum atomic E-state index is 13.0. The SMILES string of the molecule is C[C@@H](c1ccc(C(F)(F)F)nc1)n1nc(C#N)c2c(=O)[nH]c([C@H]3CC[C@@H]3n3cc(C(F)F)cn3)nc21. The Bertz CT molecular complexity index is 1530. The van der Waals surface area contributed by atoms with E-state index in [2.05, 4.69) is 25.1 Å². The van der Waals surface area contributed by atoms with Gasteiger partial charge in [-0.05, 0) is 31.4 Å². The highest BCUT2D eigenvalue weighted by Crippen LogP contribution is 2.44. The van der Waals surface area contributed by atoms with E-state index in [9.17, 15) is 32.0 Å². The van der Waals surface area contributed by atoms with E-state index in [1.54, 1.807) is 6.92 Å². The highest BCUT2D eigenvalue weighted by atomic mass is 19.4. The summed E-state index contributed by atoms with van der Waals surface area (Å²) in [6.45, 7) is 1.63. The Morgan fingerprint density at radius 2 is 1.97 bits per heavy atom. The topological polar surface area (TPSA) is 118 Å². The van der Waals surface area contributed by atoms with Crippen LogP contribution in [0.1, 0.15) is 72.5 Å². The van der Waals surface area contributed by atoms with Gasteiger partial charge in [0.05, 0.1) is 23.8 Å². The minimum atomic E-state index is -4.60. The van der Waals surface area contributed by atoms with Crippen LogP contribution in [0.25, 0.3) is 11.0 Å². The first-order valence-electron chi connectivity index (χ1n) is 10.9. The summed E-state index contributed by atoms with van der Waals surface area (Å²) >= 11 is 0. The van der Waals surface area contributed by atoms with Crippen molar-refractivity contribution in [1.82, 2.24) is 34.5 Å². The van der Waals surface area contributed by atoms with Gasteiger partial charge in [-0.15, -0.1) is 0 Å². The second-order valence-corrected chi connectivity index (χ2v) is 8.51. The summed E-state index contributed by atoms with van der Waals surface area (Å²) in [5.74, 6) is -0.0503. The third-order valence-corrected chi connectivity index (χ3v) is 6.41. The molecule has 4 aromatic heterocycles. The molecule has 0 unspecified atom stereocenters. The van der Waals surface area contributed by atoms with Gasteiger partial charge in [-0.3, -0.25) is 14.5 Å². The average Bonchev–Trinajstić information content (AvgIpc) is 3.43. The number of pyridine rings is 1. The van der Waals surface area contributed by atoms with Crippen LogP contribution < -0.4 is 5.56 Å². The largest absolute Gasteiger partial charge is 0.433 e. The molecule has 5 rings (SSSR count). The fraction of sp³-hybridized carbons (Fsp3) is 0.364. The molecule has 4 aromatic rings. The van der Waals surface area contributed by atoms with E-state index in [0.717, 1.165) is 18.5 Å². The Morgan fingerprint density at radius 1 is 1.19 bits per heavy atom. The first-order valence-corrected chi connectivity index (χ1v) is 10.9. The molecule has 0 amide bonds. The minimum absolute atomic E-state index is 0.0529. The van der Waals surface area contributed by atoms with Crippen LogP contribution in [0.3, 0.4) is 0 Å². The highest BCUT2D eigenvalue weighted by molar-refractivity contribution is 5.80. The number of hydrogen-bond donors (Lipinski definition) is 1. The van der Waals surface area contributed by atoms with Crippen molar-refractivity contribution in [3.63, 3.8) is 0 Å². The molecule has 0 radical (unpaired) electrons. The molecule has 0 bridgehead atoms. The smallest absolute Gasteiger partial charge is 0.309 e. The fourth-order valence-electron chi connectivity index (χ4n) is 4.31. The lowest BCUT2D eigenvalue weighted by atomic mass is 9.79. The number of alkyl halides is 5. The van der Waals surface area contributed by atoms with Crippen LogP contribution in [0.2, 0.25) is 0 Å². The molecule has 9 nitrogen and oxygen atoms in total. The lowest BCUT2D eigenvalue weighted by molar-refractivity contribution is -0.141. The zero-order valence-corrected chi connectivity index (χ0v) is 18.5. The monoisotopic (exact) mass is 504 g/mol. The van der Waals surface area contributed by atoms with E-state index >= 15 is 0 Å². The Labute approximate surface area is 199 Å². The number of H-pyrrole nitrogens is 1. The minimum Gasteiger partial charge on any atom is -0.309 e. The van der Waals surface area contributed by atoms with Crippen molar-refractivity contribution >= 4 is 11.0 Å². The van der Waals surface area contributed by atoms with Crippen molar-refractivity contribution in [1.29, 1.82) is 5.26 Å². The lowest BCUT2D eigenvalue weighted by Crippen LogP contribution is -2.31. The summed E-state index contributed by atoms with van der Waals surface area (Å²) in [5, 5.41) is 17.7. The summed E-state index contributed by atoms with van der Waals surface area (Å²) in [7, 11) is 0. The number of hydrogen-bond acceptors (Lipinski definition) is 6. The van der Waals surface area contributed by atoms with Crippen molar-refractivity contribution in [2.45, 2.75) is 50.4 Å². The van der Waals surface area contributed by atoms with Crippen molar-refractivity contribution in [3.05, 3.63) is 69.4 Å². The van der Waals surface area contributed by atoms with Gasteiger partial charge in [-0.1, -0.05) is 6.07 Å². The molecule has 3 atom stereocenters. The van der Waals surface area contributed by atoms with Crippen LogP contribution >= 0.6 is 0 Å². The number of halogens is 5. The number of nitrogens with one attached hydrogen (secondary N) is 1. The van der Waals surface area contributed by atoms with Gasteiger partial charge in [0.1, 0.15) is 23.0 Å². The Hall–Kier alpha value is -4.15. The second kappa shape index (κ2) is 8.51. The molecule has 1 N–H and O–H groups in total. The van der Waals surface area contributed by atoms with E-state index in [0.29, 0.717) is 18.4 Å². The first-order chi connectivity index (χ1) is 17.1. The van der Waals surface area contributed by atoms with Gasteiger partial charge in [0.2, 0.25) is 0 Å². The Balaban J connectivity index is 1.54. The zero-order chi connectivity index (χ0) is 25.8. The predicted molar refractivity (Wildman–Crippen MR) is 114 cm³/mol. The molecule has 0 aliphatic heterocycles. The maximum Gasteiger partial charge on any atom is 0.433 e. The van der Waals surface area contributed by atoms with Crippen molar-refractivity contribution < 1.29 is 22.0 Å². The molecule has 36 heavy (non-hydrogen) atoms. The van der Waals surface area contributed by atoms with Crippen molar-refractivity contribution in [2.24, 2.45) is 0 Å². The molecule has 1 saturated carbocycles. The van der Waals surface area contributed by atoms with Gasteiger partial charge in [-0.2, -0.15) is 28.6 Å². The fourth-order valence-corrected chi connectivity index (χ4v) is 4.31. The number of rotatable bonds is 5. The molecule has 1 aliphatic rings. The molecular weight excluding hydrogens is 487 g/mol. The van der Waals surface area contributed by atoms with Crippen molar-refractivity contribution in [3.8, 4) is 6.07 Å². The van der Waals surface area contributed by atoms with Crippen LogP contribution in [0.4, 0.5) is 22.0 Å². The van der Waals surface area contributed by atoms with E-state index in [-0.39, 0.29) is 40.1 Å². The van der Waals surface area contributed by atoms with E-state index in [1.165, 1.54) is 21.6 Å². The quantitative estimate of drug-likeness (QED) is 0.406. The van der Waals surface area contributed by atoms with Crippen LogP contribution in [0.15, 0.2) is 35.5 Å². The van der Waals surface area contributed by atoms with E-state index < -0.39 is 29.9 Å². The van der Waals surface area contributed by atoms with Gasteiger partial charge < -0.3 is 4.98 Å². The molecule has 14 heteroatoms. The van der Waals surface area contributed by atoms with Gasteiger partial charge in [0, 0.05) is 18.3 Å². The molecule has 0 saturated heterocycles. The number of aromatic nitrogens is 7. The van der Waals surface area contributed by atoms with Gasteiger partial charge in [0.25, 0.3) is 12.0 Å². The maximum absolute atomic E-state index is 13.0. The Kier molecular flexibility index (Phi) is 5.57.